The number of hydrogen-bond acceptors (Lipinski definition) is 2. The van der Waals surface area contributed by atoms with Crippen LogP contribution in [0.25, 0.3) is 10.9 Å². The van der Waals surface area contributed by atoms with E-state index in [9.17, 15) is 35.5 Å². The number of hydrogen-bond donors (Lipinski definition) is 1. The largest absolute Gasteiger partial charge is 0.460 e. The second-order valence-electron chi connectivity index (χ2n) is 7.04. The molecule has 176 valence electrons. The van der Waals surface area contributed by atoms with E-state index in [4.69, 9.17) is 11.6 Å². The van der Waals surface area contributed by atoms with Crippen molar-refractivity contribution < 1.29 is 35.5 Å². The molecular weight excluding hydrogens is 479 g/mol. The van der Waals surface area contributed by atoms with Gasteiger partial charge in [-0.2, -0.15) is 35.8 Å². The van der Waals surface area contributed by atoms with Gasteiger partial charge in [0.15, 0.2) is 0 Å². The second kappa shape index (κ2) is 8.69. The number of nitrogens with one attached hydrogen (secondary N) is 1. The van der Waals surface area contributed by atoms with Gasteiger partial charge in [0.2, 0.25) is 0 Å². The van der Waals surface area contributed by atoms with Gasteiger partial charge in [0.25, 0.3) is 0 Å². The molecule has 3 rings (SSSR count). The van der Waals surface area contributed by atoms with Gasteiger partial charge in [0, 0.05) is 33.7 Å². The first kappa shape index (κ1) is 24.6. The average molecular weight is 494 g/mol. The fraction of sp³-hybridized carbons (Fsp3) is 0.238. The minimum Gasteiger partial charge on any atom is -0.340 e. The third-order valence-electron chi connectivity index (χ3n) is 4.96. The summed E-state index contributed by atoms with van der Waals surface area (Å²) in [7, 11) is 0. The standard InChI is InChI=1S/C21H15ClF7N3O/c1-12-15(10-30-31-18(33)19(23,24)20(25,26)21(27,28)29)14-7-3-5-9-17(14)32(12)11-13-6-2-4-8-16(13)22/h2-10H,11H2,1H3,(H,31,33)/b30-10+. The van der Waals surface area contributed by atoms with E-state index in [1.807, 2.05) is 4.57 Å². The van der Waals surface area contributed by atoms with Crippen LogP contribution >= 0.6 is 11.6 Å². The van der Waals surface area contributed by atoms with Gasteiger partial charge in [-0.1, -0.05) is 48.0 Å². The third kappa shape index (κ3) is 4.41. The quantitative estimate of drug-likeness (QED) is 0.258. The molecule has 0 radical (unpaired) electrons. The van der Waals surface area contributed by atoms with Gasteiger partial charge in [-0.3, -0.25) is 4.79 Å². The maximum atomic E-state index is 13.5. The van der Waals surface area contributed by atoms with Crippen LogP contribution in [0, 0.1) is 6.92 Å². The van der Waals surface area contributed by atoms with Crippen LogP contribution < -0.4 is 5.43 Å². The Bertz CT molecular complexity index is 1220. The number of carbonyl (C=O) groups excluding carboxylic acids is 1. The number of benzene rings is 2. The molecule has 0 fully saturated rings. The predicted octanol–water partition coefficient (Wildman–Crippen LogP) is 5.93. The Morgan fingerprint density at radius 2 is 1.64 bits per heavy atom. The van der Waals surface area contributed by atoms with Crippen molar-refractivity contribution in [1.29, 1.82) is 0 Å². The zero-order valence-corrected chi connectivity index (χ0v) is 17.5. The Kier molecular flexibility index (Phi) is 6.47. The van der Waals surface area contributed by atoms with E-state index in [0.717, 1.165) is 17.2 Å². The lowest BCUT2D eigenvalue weighted by Gasteiger charge is -2.26. The van der Waals surface area contributed by atoms with Gasteiger partial charge >= 0.3 is 23.9 Å². The van der Waals surface area contributed by atoms with Gasteiger partial charge < -0.3 is 4.57 Å². The van der Waals surface area contributed by atoms with Crippen LogP contribution in [0.1, 0.15) is 16.8 Å². The fourth-order valence-electron chi connectivity index (χ4n) is 3.17. The number of halogens is 8. The maximum absolute atomic E-state index is 13.5. The maximum Gasteiger partial charge on any atom is 0.460 e. The molecule has 3 aromatic rings. The highest BCUT2D eigenvalue weighted by molar-refractivity contribution is 6.31. The summed E-state index contributed by atoms with van der Waals surface area (Å²) in [6.45, 7) is 1.98. The zero-order chi connectivity index (χ0) is 24.6. The smallest absolute Gasteiger partial charge is 0.340 e. The molecule has 0 spiro atoms. The number of carbonyl (C=O) groups is 1. The summed E-state index contributed by atoms with van der Waals surface area (Å²) >= 11 is 6.21. The molecule has 1 N–H and O–H groups in total. The molecular formula is C21H15ClF7N3O. The Morgan fingerprint density at radius 1 is 1.03 bits per heavy atom. The first-order valence-corrected chi connectivity index (χ1v) is 9.64. The van der Waals surface area contributed by atoms with Gasteiger partial charge in [-0.25, -0.2) is 5.43 Å². The van der Waals surface area contributed by atoms with Crippen LogP contribution in [0.5, 0.6) is 0 Å². The lowest BCUT2D eigenvalue weighted by Crippen LogP contribution is -2.58. The van der Waals surface area contributed by atoms with E-state index in [-0.39, 0.29) is 0 Å². The molecule has 0 unspecified atom stereocenters. The molecule has 0 saturated heterocycles. The van der Waals surface area contributed by atoms with Gasteiger partial charge in [-0.05, 0) is 24.6 Å². The van der Waals surface area contributed by atoms with Crippen molar-refractivity contribution in [2.75, 3.05) is 0 Å². The summed E-state index contributed by atoms with van der Waals surface area (Å²) in [6.07, 6.45) is -5.72. The van der Waals surface area contributed by atoms with E-state index in [1.165, 1.54) is 0 Å². The second-order valence-corrected chi connectivity index (χ2v) is 7.45. The highest BCUT2D eigenvalue weighted by Gasteiger charge is 2.76. The topological polar surface area (TPSA) is 46.4 Å². The molecule has 12 heteroatoms. The molecule has 1 amide bonds. The zero-order valence-electron chi connectivity index (χ0n) is 16.7. The van der Waals surface area contributed by atoms with E-state index >= 15 is 0 Å². The monoisotopic (exact) mass is 493 g/mol. The highest BCUT2D eigenvalue weighted by Crippen LogP contribution is 2.46. The summed E-state index contributed by atoms with van der Waals surface area (Å²) in [5.41, 5.74) is 3.44. The van der Waals surface area contributed by atoms with Crippen LogP contribution in [0.15, 0.2) is 53.6 Å². The summed E-state index contributed by atoms with van der Waals surface area (Å²) in [6, 6.07) is 13.9. The Labute approximate surface area is 187 Å². The van der Waals surface area contributed by atoms with Crippen molar-refractivity contribution in [3.8, 4) is 0 Å². The van der Waals surface area contributed by atoms with Crippen molar-refractivity contribution in [2.45, 2.75) is 31.5 Å². The number of aromatic nitrogens is 1. The van der Waals surface area contributed by atoms with Crippen molar-refractivity contribution in [1.82, 2.24) is 9.99 Å². The Hall–Kier alpha value is -3.08. The Balaban J connectivity index is 1.92. The van der Waals surface area contributed by atoms with Crippen LogP contribution in [0.2, 0.25) is 5.02 Å². The van der Waals surface area contributed by atoms with Crippen LogP contribution in [0.4, 0.5) is 30.7 Å². The minimum atomic E-state index is -6.62. The lowest BCUT2D eigenvalue weighted by molar-refractivity contribution is -0.344. The predicted molar refractivity (Wildman–Crippen MR) is 109 cm³/mol. The molecule has 33 heavy (non-hydrogen) atoms. The van der Waals surface area contributed by atoms with Crippen LogP contribution in [-0.4, -0.2) is 34.7 Å². The summed E-state index contributed by atoms with van der Waals surface area (Å²) < 4.78 is 91.6. The minimum absolute atomic E-state index is 0.322. The Morgan fingerprint density at radius 3 is 2.27 bits per heavy atom. The van der Waals surface area contributed by atoms with Crippen molar-refractivity contribution in [3.05, 3.63) is 70.4 Å². The van der Waals surface area contributed by atoms with E-state index < -0.39 is 23.9 Å². The SMILES string of the molecule is Cc1c(/C=N/NC(=O)C(F)(F)C(F)(F)C(F)(F)F)c2ccccc2n1Cc1ccccc1Cl. The lowest BCUT2D eigenvalue weighted by atomic mass is 10.1. The number of alkyl halides is 7. The van der Waals surface area contributed by atoms with Crippen molar-refractivity contribution >= 4 is 34.6 Å². The average Bonchev–Trinajstić information content (AvgIpc) is 3.00. The number of fused-ring (bicyclic) bond motifs is 1. The highest BCUT2D eigenvalue weighted by atomic mass is 35.5. The van der Waals surface area contributed by atoms with Crippen molar-refractivity contribution in [3.63, 3.8) is 0 Å². The molecule has 0 atom stereocenters. The van der Waals surface area contributed by atoms with E-state index in [1.54, 1.807) is 55.5 Å². The molecule has 4 nitrogen and oxygen atoms in total. The molecule has 1 heterocycles. The molecule has 2 aromatic carbocycles. The summed E-state index contributed by atoms with van der Waals surface area (Å²) in [4.78, 5) is 11.4. The van der Waals surface area contributed by atoms with Gasteiger partial charge in [-0.15, -0.1) is 0 Å². The number of nitrogens with zero attached hydrogens (tertiary/aromatic N) is 2. The molecule has 1 aromatic heterocycles. The van der Waals surface area contributed by atoms with Gasteiger partial charge in [0.1, 0.15) is 0 Å². The van der Waals surface area contributed by atoms with E-state index in [0.29, 0.717) is 33.7 Å². The number of para-hydroxylation sites is 1. The number of amides is 1. The summed E-state index contributed by atoms with van der Waals surface area (Å²) in [5.74, 6) is -15.5. The number of rotatable bonds is 6. The first-order chi connectivity index (χ1) is 15.3. The van der Waals surface area contributed by atoms with Crippen LogP contribution in [0.3, 0.4) is 0 Å². The van der Waals surface area contributed by atoms with Crippen molar-refractivity contribution in [2.24, 2.45) is 5.10 Å². The molecule has 0 aliphatic heterocycles. The first-order valence-electron chi connectivity index (χ1n) is 9.26. The molecule has 0 aliphatic carbocycles. The van der Waals surface area contributed by atoms with E-state index in [2.05, 4.69) is 5.10 Å². The normalized spacial score (nSPS) is 13.1. The van der Waals surface area contributed by atoms with Crippen LogP contribution in [-0.2, 0) is 11.3 Å². The molecule has 0 saturated carbocycles. The fourth-order valence-corrected chi connectivity index (χ4v) is 3.36. The molecule has 0 bridgehead atoms. The molecule has 0 aliphatic rings. The van der Waals surface area contributed by atoms with Gasteiger partial charge in [0.05, 0.1) is 6.21 Å². The number of hydrazone groups is 1. The third-order valence-corrected chi connectivity index (χ3v) is 5.33. The summed E-state index contributed by atoms with van der Waals surface area (Å²) in [5, 5.41) is 4.29.